The highest BCUT2D eigenvalue weighted by molar-refractivity contribution is 5.78. The highest BCUT2D eigenvalue weighted by Gasteiger charge is 2.51. The summed E-state index contributed by atoms with van der Waals surface area (Å²) in [5, 5.41) is 9.05. The summed E-state index contributed by atoms with van der Waals surface area (Å²) < 4.78 is 1.99. The third-order valence-corrected chi connectivity index (χ3v) is 6.53. The van der Waals surface area contributed by atoms with Crippen LogP contribution >= 0.6 is 0 Å². The lowest BCUT2D eigenvalue weighted by atomic mass is 9.53. The van der Waals surface area contributed by atoms with Gasteiger partial charge in [-0.25, -0.2) is 9.78 Å². The Labute approximate surface area is 160 Å². The van der Waals surface area contributed by atoms with Crippen molar-refractivity contribution >= 4 is 11.9 Å². The average Bonchev–Trinajstić information content (AvgIpc) is 3.10. The second-order valence-corrected chi connectivity index (χ2v) is 8.83. The third-order valence-electron chi connectivity index (χ3n) is 6.53. The van der Waals surface area contributed by atoms with E-state index in [0.29, 0.717) is 19.5 Å². The van der Waals surface area contributed by atoms with Gasteiger partial charge >= 0.3 is 6.03 Å². The molecule has 0 aromatic carbocycles. The van der Waals surface area contributed by atoms with Crippen LogP contribution in [0.5, 0.6) is 0 Å². The van der Waals surface area contributed by atoms with Crippen molar-refractivity contribution in [3.63, 3.8) is 0 Å². The second-order valence-electron chi connectivity index (χ2n) is 8.83. The van der Waals surface area contributed by atoms with Gasteiger partial charge in [0, 0.05) is 44.0 Å². The van der Waals surface area contributed by atoms with Gasteiger partial charge in [0.1, 0.15) is 0 Å². The Hall–Kier alpha value is -2.05. The van der Waals surface area contributed by atoms with E-state index in [9.17, 15) is 9.59 Å². The van der Waals surface area contributed by atoms with Crippen LogP contribution in [0.4, 0.5) is 4.79 Å². The van der Waals surface area contributed by atoms with E-state index in [4.69, 9.17) is 0 Å². The maximum Gasteiger partial charge on any atom is 0.315 e. The molecule has 3 amide bonds. The number of nitrogens with one attached hydrogen (secondary N) is 3. The van der Waals surface area contributed by atoms with Crippen LogP contribution in [0, 0.1) is 17.8 Å². The largest absolute Gasteiger partial charge is 0.356 e. The lowest BCUT2D eigenvalue weighted by Crippen LogP contribution is -2.61. The lowest BCUT2D eigenvalue weighted by Gasteiger charge is -2.56. The van der Waals surface area contributed by atoms with Gasteiger partial charge < -0.3 is 20.5 Å². The predicted molar refractivity (Wildman–Crippen MR) is 102 cm³/mol. The number of urea groups is 1. The first-order valence-electron chi connectivity index (χ1n) is 10.4. The Morgan fingerprint density at radius 3 is 2.37 bits per heavy atom. The number of hydrogen-bond acceptors (Lipinski definition) is 3. The monoisotopic (exact) mass is 373 g/mol. The van der Waals surface area contributed by atoms with E-state index in [-0.39, 0.29) is 17.5 Å². The molecule has 5 rings (SSSR count). The van der Waals surface area contributed by atoms with Crippen LogP contribution in [0.25, 0.3) is 0 Å². The fourth-order valence-corrected chi connectivity index (χ4v) is 5.84. The normalized spacial score (nSPS) is 30.9. The highest BCUT2D eigenvalue weighted by Crippen LogP contribution is 2.55. The molecule has 4 aliphatic rings. The van der Waals surface area contributed by atoms with Crippen LogP contribution in [0.1, 0.15) is 51.4 Å². The van der Waals surface area contributed by atoms with Gasteiger partial charge in [-0.15, -0.1) is 0 Å². The van der Waals surface area contributed by atoms with E-state index in [1.54, 1.807) is 12.5 Å². The summed E-state index contributed by atoms with van der Waals surface area (Å²) in [6.45, 7) is 1.86. The van der Waals surface area contributed by atoms with Crippen molar-refractivity contribution in [2.24, 2.45) is 17.8 Å². The summed E-state index contributed by atoms with van der Waals surface area (Å²) in [6.07, 6.45) is 14.1. The van der Waals surface area contributed by atoms with Crippen molar-refractivity contribution in [2.75, 3.05) is 13.1 Å². The van der Waals surface area contributed by atoms with E-state index in [2.05, 4.69) is 20.9 Å². The van der Waals surface area contributed by atoms with Gasteiger partial charge in [-0.2, -0.15) is 0 Å². The highest BCUT2D eigenvalue weighted by atomic mass is 16.2. The molecule has 0 unspecified atom stereocenters. The number of aromatic nitrogens is 2. The van der Waals surface area contributed by atoms with Crippen molar-refractivity contribution in [3.8, 4) is 0 Å². The van der Waals surface area contributed by atoms with Gasteiger partial charge in [-0.1, -0.05) is 0 Å². The number of hydrogen-bond donors (Lipinski definition) is 3. The van der Waals surface area contributed by atoms with Crippen molar-refractivity contribution in [1.82, 2.24) is 25.5 Å². The molecular weight excluding hydrogens is 342 g/mol. The van der Waals surface area contributed by atoms with E-state index in [1.807, 2.05) is 10.8 Å². The molecule has 0 saturated heterocycles. The third kappa shape index (κ3) is 4.62. The zero-order valence-corrected chi connectivity index (χ0v) is 16.0. The number of rotatable bonds is 8. The second kappa shape index (κ2) is 7.90. The molecule has 0 atom stereocenters. The SMILES string of the molecule is O=C(CCNC(=O)NC12CC3CC(CC(C3)C1)C2)NCCCn1ccnc1. The number of amides is 3. The van der Waals surface area contributed by atoms with Gasteiger partial charge in [-0.05, 0) is 62.7 Å². The molecule has 0 spiro atoms. The van der Waals surface area contributed by atoms with Crippen molar-refractivity contribution in [3.05, 3.63) is 18.7 Å². The molecular formula is C20H31N5O2. The summed E-state index contributed by atoms with van der Waals surface area (Å²) >= 11 is 0. The first-order chi connectivity index (χ1) is 13.1. The van der Waals surface area contributed by atoms with Crippen LogP contribution in [0.3, 0.4) is 0 Å². The van der Waals surface area contributed by atoms with E-state index >= 15 is 0 Å². The van der Waals surface area contributed by atoms with Crippen LogP contribution in [0.15, 0.2) is 18.7 Å². The number of nitrogens with zero attached hydrogens (tertiary/aromatic N) is 2. The molecule has 4 bridgehead atoms. The van der Waals surface area contributed by atoms with Crippen molar-refractivity contribution in [1.29, 1.82) is 0 Å². The number of aryl methyl sites for hydroxylation is 1. The van der Waals surface area contributed by atoms with Crippen LogP contribution in [-0.4, -0.2) is 40.1 Å². The average molecular weight is 374 g/mol. The zero-order valence-electron chi connectivity index (χ0n) is 16.0. The molecule has 7 nitrogen and oxygen atoms in total. The first-order valence-corrected chi connectivity index (χ1v) is 10.4. The molecule has 148 valence electrons. The Morgan fingerprint density at radius 1 is 1.04 bits per heavy atom. The Balaban J connectivity index is 1.10. The Bertz CT molecular complexity index is 622. The summed E-state index contributed by atoms with van der Waals surface area (Å²) in [7, 11) is 0. The summed E-state index contributed by atoms with van der Waals surface area (Å²) in [5.74, 6) is 2.41. The molecule has 1 aromatic heterocycles. The predicted octanol–water partition coefficient (Wildman–Crippen LogP) is 2.05. The molecule has 27 heavy (non-hydrogen) atoms. The molecule has 3 N–H and O–H groups in total. The smallest absolute Gasteiger partial charge is 0.315 e. The van der Waals surface area contributed by atoms with Crippen LogP contribution in [-0.2, 0) is 11.3 Å². The minimum absolute atomic E-state index is 0.0178. The molecule has 4 fully saturated rings. The van der Waals surface area contributed by atoms with Gasteiger partial charge in [-0.3, -0.25) is 4.79 Å². The Morgan fingerprint density at radius 2 is 1.74 bits per heavy atom. The van der Waals surface area contributed by atoms with E-state index in [1.165, 1.54) is 19.3 Å². The van der Waals surface area contributed by atoms with Crippen molar-refractivity contribution < 1.29 is 9.59 Å². The molecule has 0 aliphatic heterocycles. The minimum atomic E-state index is -0.107. The van der Waals surface area contributed by atoms with Crippen LogP contribution in [0.2, 0.25) is 0 Å². The summed E-state index contributed by atoms with van der Waals surface area (Å²) in [6, 6.07) is -0.107. The van der Waals surface area contributed by atoms with Crippen molar-refractivity contribution in [2.45, 2.75) is 63.5 Å². The fourth-order valence-electron chi connectivity index (χ4n) is 5.84. The molecule has 1 aromatic rings. The fraction of sp³-hybridized carbons (Fsp3) is 0.750. The quantitative estimate of drug-likeness (QED) is 0.610. The molecule has 4 saturated carbocycles. The number of imidazole rings is 1. The van der Waals surface area contributed by atoms with Gasteiger partial charge in [0.05, 0.1) is 6.33 Å². The molecule has 1 heterocycles. The van der Waals surface area contributed by atoms with E-state index < -0.39 is 0 Å². The van der Waals surface area contributed by atoms with Gasteiger partial charge in [0.15, 0.2) is 0 Å². The summed E-state index contributed by atoms with van der Waals surface area (Å²) in [4.78, 5) is 28.2. The summed E-state index contributed by atoms with van der Waals surface area (Å²) in [5.41, 5.74) is 0.0222. The maximum absolute atomic E-state index is 12.3. The standard InChI is InChI=1S/C20H31N5O2/c26-18(22-3-1-6-25-7-5-21-14-25)2-4-23-19(27)24-20-11-15-8-16(12-20)10-17(9-15)13-20/h5,7,14-17H,1-4,6,8-13H2,(H,22,26)(H2,23,24,27). The molecule has 7 heteroatoms. The minimum Gasteiger partial charge on any atom is -0.356 e. The van der Waals surface area contributed by atoms with Gasteiger partial charge in [0.2, 0.25) is 5.91 Å². The van der Waals surface area contributed by atoms with E-state index in [0.717, 1.165) is 50.0 Å². The molecule has 0 radical (unpaired) electrons. The van der Waals surface area contributed by atoms with Crippen LogP contribution < -0.4 is 16.0 Å². The Kier molecular flexibility index (Phi) is 5.36. The molecule has 4 aliphatic carbocycles. The number of carbonyl (C=O) groups is 2. The van der Waals surface area contributed by atoms with Gasteiger partial charge in [0.25, 0.3) is 0 Å². The first kappa shape index (κ1) is 18.3. The zero-order chi connectivity index (χ0) is 18.7. The topological polar surface area (TPSA) is 88.0 Å². The number of carbonyl (C=O) groups excluding carboxylic acids is 2. The maximum atomic E-state index is 12.3. The lowest BCUT2D eigenvalue weighted by molar-refractivity contribution is -0.120.